The molecule has 0 unspecified atom stereocenters. The average molecular weight is 405 g/mol. The van der Waals surface area contributed by atoms with Crippen LogP contribution in [0, 0.1) is 32.6 Å². The molecule has 138 valence electrons. The van der Waals surface area contributed by atoms with E-state index in [9.17, 15) is 4.79 Å². The smallest absolute Gasteiger partial charge is 0.263 e. The van der Waals surface area contributed by atoms with Crippen LogP contribution in [0.2, 0.25) is 0 Å². The number of furan rings is 1. The quantitative estimate of drug-likeness (QED) is 0.364. The van der Waals surface area contributed by atoms with Crippen molar-refractivity contribution in [3.8, 4) is 11.8 Å². The summed E-state index contributed by atoms with van der Waals surface area (Å²) >= 11 is 6.24. The van der Waals surface area contributed by atoms with Crippen LogP contribution in [0.15, 0.2) is 39.9 Å². The highest BCUT2D eigenvalue weighted by Crippen LogP contribution is 2.29. The fourth-order valence-electron chi connectivity index (χ4n) is 3.20. The van der Waals surface area contributed by atoms with Crippen LogP contribution in [0.25, 0.3) is 17.0 Å². The number of aromatic nitrogens is 1. The largest absolute Gasteiger partial charge is 0.455 e. The second kappa shape index (κ2) is 7.27. The molecule has 1 saturated heterocycles. The summed E-state index contributed by atoms with van der Waals surface area (Å²) in [4.78, 5) is 16.6. The minimum Gasteiger partial charge on any atom is -0.455 e. The van der Waals surface area contributed by atoms with Gasteiger partial charge >= 0.3 is 0 Å². The first-order chi connectivity index (χ1) is 13.4. The van der Waals surface area contributed by atoms with Gasteiger partial charge in [-0.15, -0.1) is 0 Å². The molecule has 1 aromatic carbocycles. The Hall–Kier alpha value is -2.88. The van der Waals surface area contributed by atoms with Crippen molar-refractivity contribution in [3.63, 3.8) is 0 Å². The predicted octanol–water partition coefficient (Wildman–Crippen LogP) is 4.64. The highest BCUT2D eigenvalue weighted by molar-refractivity contribution is 8.26. The van der Waals surface area contributed by atoms with E-state index in [1.165, 1.54) is 17.3 Å². The van der Waals surface area contributed by atoms with Gasteiger partial charge in [0.2, 0.25) is 0 Å². The van der Waals surface area contributed by atoms with Crippen molar-refractivity contribution in [1.29, 1.82) is 0 Å². The van der Waals surface area contributed by atoms with E-state index in [1.807, 2.05) is 6.07 Å². The Morgan fingerprint density at radius 1 is 1.14 bits per heavy atom. The number of amides is 1. The number of thioether (sulfide) groups is 1. The van der Waals surface area contributed by atoms with Gasteiger partial charge in [-0.1, -0.05) is 53.5 Å². The lowest BCUT2D eigenvalue weighted by molar-refractivity contribution is -0.115. The Labute approximate surface area is 172 Å². The molecule has 0 spiro atoms. The lowest BCUT2D eigenvalue weighted by atomic mass is 10.00. The molecule has 1 N–H and O–H groups in total. The van der Waals surface area contributed by atoms with Crippen molar-refractivity contribution in [2.75, 3.05) is 0 Å². The Bertz CT molecular complexity index is 1220. The van der Waals surface area contributed by atoms with Gasteiger partial charge in [0.1, 0.15) is 10.1 Å². The van der Waals surface area contributed by atoms with E-state index in [-0.39, 0.29) is 5.91 Å². The predicted molar refractivity (Wildman–Crippen MR) is 117 cm³/mol. The molecular formula is C22H16N2O2S2. The standard InChI is InChI=1S/C22H16N2O2S2/c1-12-6-13(2)18(14(3)7-12)5-4-15-10-23-11-16-8-17(26-20(15)16)9-19-21(25)24-22(27)28-19/h6-11H,1-3H3,(H,24,25,27). The summed E-state index contributed by atoms with van der Waals surface area (Å²) < 4.78 is 6.41. The van der Waals surface area contributed by atoms with Crippen molar-refractivity contribution < 1.29 is 9.21 Å². The number of rotatable bonds is 1. The molecule has 4 rings (SSSR count). The van der Waals surface area contributed by atoms with E-state index >= 15 is 0 Å². The first-order valence-electron chi connectivity index (χ1n) is 8.63. The van der Waals surface area contributed by atoms with Crippen molar-refractivity contribution in [3.05, 3.63) is 69.1 Å². The number of hydrogen-bond acceptors (Lipinski definition) is 5. The zero-order chi connectivity index (χ0) is 19.8. The average Bonchev–Trinajstić information content (AvgIpc) is 3.16. The van der Waals surface area contributed by atoms with Gasteiger partial charge in [-0.05, 0) is 38.0 Å². The van der Waals surface area contributed by atoms with Crippen molar-refractivity contribution >= 4 is 51.3 Å². The molecule has 0 atom stereocenters. The topological polar surface area (TPSA) is 55.1 Å². The van der Waals surface area contributed by atoms with Crippen molar-refractivity contribution in [1.82, 2.24) is 10.3 Å². The number of nitrogens with zero attached hydrogens (tertiary/aromatic N) is 1. The number of nitrogens with one attached hydrogen (secondary N) is 1. The van der Waals surface area contributed by atoms with Gasteiger partial charge in [0.05, 0.1) is 10.5 Å². The van der Waals surface area contributed by atoms with E-state index in [0.29, 0.717) is 26.1 Å². The Morgan fingerprint density at radius 2 is 1.89 bits per heavy atom. The highest BCUT2D eigenvalue weighted by atomic mass is 32.2. The molecule has 1 aliphatic heterocycles. The number of benzene rings is 1. The fourth-order valence-corrected chi connectivity index (χ4v) is 4.22. The van der Waals surface area contributed by atoms with E-state index in [1.54, 1.807) is 18.5 Å². The summed E-state index contributed by atoms with van der Waals surface area (Å²) in [6.45, 7) is 6.21. The van der Waals surface area contributed by atoms with Gasteiger partial charge in [0.15, 0.2) is 5.58 Å². The van der Waals surface area contributed by atoms with Crippen LogP contribution in [0.3, 0.4) is 0 Å². The third kappa shape index (κ3) is 3.59. The summed E-state index contributed by atoms with van der Waals surface area (Å²) in [7, 11) is 0. The molecule has 0 bridgehead atoms. The zero-order valence-corrected chi connectivity index (χ0v) is 17.2. The van der Waals surface area contributed by atoms with Crippen LogP contribution >= 0.6 is 24.0 Å². The van der Waals surface area contributed by atoms with E-state index < -0.39 is 0 Å². The van der Waals surface area contributed by atoms with Crippen LogP contribution in [0.1, 0.15) is 33.6 Å². The number of pyridine rings is 1. The van der Waals surface area contributed by atoms with E-state index in [2.05, 4.69) is 55.0 Å². The van der Waals surface area contributed by atoms with Crippen LogP contribution in [-0.2, 0) is 4.79 Å². The summed E-state index contributed by atoms with van der Waals surface area (Å²) in [5, 5.41) is 3.43. The Balaban J connectivity index is 1.75. The number of carbonyl (C=O) groups excluding carboxylic acids is 1. The highest BCUT2D eigenvalue weighted by Gasteiger charge is 2.22. The molecule has 4 nitrogen and oxygen atoms in total. The summed E-state index contributed by atoms with van der Waals surface area (Å²) in [6.07, 6.45) is 5.10. The van der Waals surface area contributed by atoms with Crippen molar-refractivity contribution in [2.45, 2.75) is 20.8 Å². The van der Waals surface area contributed by atoms with Gasteiger partial charge in [-0.2, -0.15) is 0 Å². The normalized spacial score (nSPS) is 15.0. The zero-order valence-electron chi connectivity index (χ0n) is 15.5. The minimum atomic E-state index is -0.209. The van der Waals surface area contributed by atoms with Crippen LogP contribution in [-0.4, -0.2) is 15.2 Å². The van der Waals surface area contributed by atoms with E-state index in [0.717, 1.165) is 22.1 Å². The molecule has 1 fully saturated rings. The van der Waals surface area contributed by atoms with Gasteiger partial charge < -0.3 is 9.73 Å². The summed E-state index contributed by atoms with van der Waals surface area (Å²) in [5.74, 6) is 6.81. The number of carbonyl (C=O) groups is 1. The van der Waals surface area contributed by atoms with Gasteiger partial charge in [0.25, 0.3) is 5.91 Å². The molecular weight excluding hydrogens is 388 g/mol. The molecule has 0 radical (unpaired) electrons. The van der Waals surface area contributed by atoms with Crippen LogP contribution < -0.4 is 5.32 Å². The summed E-state index contributed by atoms with van der Waals surface area (Å²) in [6, 6.07) is 6.10. The van der Waals surface area contributed by atoms with Crippen LogP contribution in [0.4, 0.5) is 0 Å². The third-order valence-electron chi connectivity index (χ3n) is 4.36. The second-order valence-electron chi connectivity index (χ2n) is 6.63. The number of fused-ring (bicyclic) bond motifs is 1. The van der Waals surface area contributed by atoms with E-state index in [4.69, 9.17) is 16.6 Å². The summed E-state index contributed by atoms with van der Waals surface area (Å²) in [5.41, 5.74) is 5.90. The first kappa shape index (κ1) is 18.5. The molecule has 0 saturated carbocycles. The first-order valence-corrected chi connectivity index (χ1v) is 9.85. The maximum absolute atomic E-state index is 11.9. The lowest BCUT2D eigenvalue weighted by Gasteiger charge is -2.04. The molecule has 3 heterocycles. The van der Waals surface area contributed by atoms with Gasteiger partial charge in [-0.3, -0.25) is 9.78 Å². The minimum absolute atomic E-state index is 0.209. The maximum Gasteiger partial charge on any atom is 0.263 e. The number of aryl methyl sites for hydroxylation is 3. The SMILES string of the molecule is Cc1cc(C)c(C#Cc2cncc3cc(C=C4SC(=S)NC4=O)oc23)c(C)c1. The van der Waals surface area contributed by atoms with Crippen molar-refractivity contribution in [2.24, 2.45) is 0 Å². The monoisotopic (exact) mass is 404 g/mol. The molecule has 1 amide bonds. The molecule has 0 aliphatic carbocycles. The van der Waals surface area contributed by atoms with Crippen LogP contribution in [0.5, 0.6) is 0 Å². The molecule has 2 aromatic heterocycles. The second-order valence-corrected chi connectivity index (χ2v) is 8.35. The fraction of sp³-hybridized carbons (Fsp3) is 0.136. The number of hydrogen-bond donors (Lipinski definition) is 1. The molecule has 1 aliphatic rings. The molecule has 28 heavy (non-hydrogen) atoms. The molecule has 6 heteroatoms. The third-order valence-corrected chi connectivity index (χ3v) is 5.52. The van der Waals surface area contributed by atoms with Gasteiger partial charge in [0, 0.05) is 29.4 Å². The Kier molecular flexibility index (Phi) is 4.80. The van der Waals surface area contributed by atoms with Gasteiger partial charge in [-0.25, -0.2) is 0 Å². The maximum atomic E-state index is 11.9. The Morgan fingerprint density at radius 3 is 2.57 bits per heavy atom. The molecule has 3 aromatic rings. The lowest BCUT2D eigenvalue weighted by Crippen LogP contribution is -2.17. The number of thiocarbonyl (C=S) groups is 1.